The zero-order chi connectivity index (χ0) is 24.6. The van der Waals surface area contributed by atoms with Crippen molar-refractivity contribution in [1.29, 1.82) is 0 Å². The van der Waals surface area contributed by atoms with Gasteiger partial charge in [-0.2, -0.15) is 0 Å². The molecule has 5 aromatic rings. The summed E-state index contributed by atoms with van der Waals surface area (Å²) in [6.45, 7) is 2.31. The quantitative estimate of drug-likeness (QED) is 0.333. The van der Waals surface area contributed by atoms with Gasteiger partial charge < -0.3 is 4.57 Å². The summed E-state index contributed by atoms with van der Waals surface area (Å²) in [5, 5.41) is 0.577. The number of hydrogen-bond donors (Lipinski definition) is 1. The van der Waals surface area contributed by atoms with Gasteiger partial charge in [-0.05, 0) is 48.4 Å². The first kappa shape index (κ1) is 23.5. The Hall–Kier alpha value is -3.24. The van der Waals surface area contributed by atoms with Gasteiger partial charge in [-0.15, -0.1) is 0 Å². The Morgan fingerprint density at radius 2 is 1.77 bits per heavy atom. The second kappa shape index (κ2) is 9.43. The monoisotopic (exact) mass is 524 g/mol. The maximum Gasteiger partial charge on any atom is 0.308 e. The van der Waals surface area contributed by atoms with Crippen molar-refractivity contribution in [2.45, 2.75) is 24.9 Å². The van der Waals surface area contributed by atoms with Crippen LogP contribution in [0.1, 0.15) is 17.0 Å². The molecule has 0 radical (unpaired) electrons. The lowest BCUT2D eigenvalue weighted by atomic mass is 10.2. The predicted octanol–water partition coefficient (Wildman–Crippen LogP) is 4.74. The molecule has 2 heterocycles. The van der Waals surface area contributed by atoms with Crippen molar-refractivity contribution in [1.82, 2.24) is 18.8 Å². The minimum Gasteiger partial charge on any atom is -0.304 e. The third kappa shape index (κ3) is 4.68. The molecule has 3 aromatic carbocycles. The molecule has 0 amide bonds. The molecule has 0 aliphatic carbocycles. The van der Waals surface area contributed by atoms with E-state index in [0.717, 1.165) is 34.0 Å². The number of nitrogens with zero attached hydrogens (tertiary/aromatic N) is 3. The van der Waals surface area contributed by atoms with Crippen LogP contribution in [0.5, 0.6) is 0 Å². The molecule has 5 rings (SSSR count). The molecule has 178 valence electrons. The SMILES string of the molecule is Cc1nccn1-c1ccccc1CNS(=O)(=O)c1ccc2c(c1)sc(=O)n2Cc1ccccc1Cl. The van der Waals surface area contributed by atoms with Gasteiger partial charge in [-0.3, -0.25) is 9.36 Å². The second-order valence-corrected chi connectivity index (χ2v) is 11.1. The van der Waals surface area contributed by atoms with Crippen LogP contribution < -0.4 is 9.60 Å². The molecule has 0 spiro atoms. The summed E-state index contributed by atoms with van der Waals surface area (Å²) in [7, 11) is -3.82. The summed E-state index contributed by atoms with van der Waals surface area (Å²) in [5.41, 5.74) is 3.16. The van der Waals surface area contributed by atoms with E-state index in [4.69, 9.17) is 11.6 Å². The molecule has 0 bridgehead atoms. The molecule has 0 saturated heterocycles. The number of fused-ring (bicyclic) bond motifs is 1. The van der Waals surface area contributed by atoms with Crippen molar-refractivity contribution < 1.29 is 8.42 Å². The standard InChI is InChI=1S/C25H21ClN4O3S2/c1-17-27-12-13-29(17)22-9-5-3-6-18(22)15-28-35(32,33)20-10-11-23-24(14-20)34-25(31)30(23)16-19-7-2-4-8-21(19)26/h2-14,28H,15-16H2,1H3. The number of aryl methyl sites for hydroxylation is 1. The fourth-order valence-electron chi connectivity index (χ4n) is 3.94. The maximum absolute atomic E-state index is 13.1. The number of thiazole rings is 1. The molecule has 0 atom stereocenters. The maximum atomic E-state index is 13.1. The van der Waals surface area contributed by atoms with Crippen LogP contribution in [-0.4, -0.2) is 22.5 Å². The van der Waals surface area contributed by atoms with Crippen LogP contribution in [0.4, 0.5) is 0 Å². The molecule has 0 aliphatic heterocycles. The number of benzene rings is 3. The highest BCUT2D eigenvalue weighted by atomic mass is 35.5. The largest absolute Gasteiger partial charge is 0.308 e. The molecule has 10 heteroatoms. The molecule has 0 saturated carbocycles. The number of nitrogens with one attached hydrogen (secondary N) is 1. The van der Waals surface area contributed by atoms with E-state index in [1.807, 2.05) is 60.2 Å². The van der Waals surface area contributed by atoms with Gasteiger partial charge in [0.2, 0.25) is 10.0 Å². The summed E-state index contributed by atoms with van der Waals surface area (Å²) < 4.78 is 33.0. The highest BCUT2D eigenvalue weighted by molar-refractivity contribution is 7.89. The van der Waals surface area contributed by atoms with Gasteiger partial charge in [0.15, 0.2) is 0 Å². The smallest absolute Gasteiger partial charge is 0.304 e. The number of sulfonamides is 1. The van der Waals surface area contributed by atoms with Crippen molar-refractivity contribution in [3.8, 4) is 5.69 Å². The van der Waals surface area contributed by atoms with Crippen molar-refractivity contribution >= 4 is 43.2 Å². The van der Waals surface area contributed by atoms with E-state index in [-0.39, 0.29) is 16.3 Å². The van der Waals surface area contributed by atoms with E-state index in [0.29, 0.717) is 21.8 Å². The molecule has 2 aromatic heterocycles. The van der Waals surface area contributed by atoms with Gasteiger partial charge >= 0.3 is 4.87 Å². The van der Waals surface area contributed by atoms with Gasteiger partial charge in [-0.25, -0.2) is 18.1 Å². The number of rotatable bonds is 7. The Morgan fingerprint density at radius 3 is 2.51 bits per heavy atom. The average molecular weight is 525 g/mol. The van der Waals surface area contributed by atoms with Crippen molar-refractivity contribution in [3.05, 3.63) is 111 Å². The Balaban J connectivity index is 1.42. The van der Waals surface area contributed by atoms with Crippen LogP contribution in [0.15, 0.2) is 88.8 Å². The van der Waals surface area contributed by atoms with Crippen molar-refractivity contribution in [2.75, 3.05) is 0 Å². The first-order valence-corrected chi connectivity index (χ1v) is 13.5. The Kier molecular flexibility index (Phi) is 6.33. The first-order valence-electron chi connectivity index (χ1n) is 10.8. The average Bonchev–Trinajstić information content (AvgIpc) is 3.41. The van der Waals surface area contributed by atoms with Crippen LogP contribution in [0.3, 0.4) is 0 Å². The first-order chi connectivity index (χ1) is 16.8. The molecular formula is C25H21ClN4O3S2. The molecule has 0 unspecified atom stereocenters. The van der Waals surface area contributed by atoms with Gasteiger partial charge in [0.25, 0.3) is 0 Å². The number of halogens is 1. The third-order valence-corrected chi connectivity index (χ3v) is 8.48. The van der Waals surface area contributed by atoms with Crippen LogP contribution in [0.2, 0.25) is 5.02 Å². The molecule has 1 N–H and O–H groups in total. The van der Waals surface area contributed by atoms with E-state index in [1.165, 1.54) is 6.07 Å². The Bertz CT molecular complexity index is 1700. The summed E-state index contributed by atoms with van der Waals surface area (Å²) >= 11 is 7.28. The number of aromatic nitrogens is 3. The highest BCUT2D eigenvalue weighted by Crippen LogP contribution is 2.25. The van der Waals surface area contributed by atoms with E-state index in [2.05, 4.69) is 9.71 Å². The zero-order valence-corrected chi connectivity index (χ0v) is 21.1. The molecular weight excluding hydrogens is 504 g/mol. The molecule has 0 aliphatic rings. The lowest BCUT2D eigenvalue weighted by Gasteiger charge is -2.13. The van der Waals surface area contributed by atoms with Gasteiger partial charge in [0.05, 0.1) is 27.3 Å². The predicted molar refractivity (Wildman–Crippen MR) is 139 cm³/mol. The number of para-hydroxylation sites is 1. The van der Waals surface area contributed by atoms with Crippen molar-refractivity contribution in [2.24, 2.45) is 0 Å². The highest BCUT2D eigenvalue weighted by Gasteiger charge is 2.18. The van der Waals surface area contributed by atoms with Gasteiger partial charge in [0, 0.05) is 24.0 Å². The third-order valence-electron chi connectivity index (χ3n) is 5.77. The van der Waals surface area contributed by atoms with Crippen LogP contribution in [0, 0.1) is 6.92 Å². The summed E-state index contributed by atoms with van der Waals surface area (Å²) in [6.07, 6.45) is 3.54. The minimum absolute atomic E-state index is 0.104. The minimum atomic E-state index is -3.82. The van der Waals surface area contributed by atoms with Crippen LogP contribution in [-0.2, 0) is 23.1 Å². The van der Waals surface area contributed by atoms with E-state index in [1.54, 1.807) is 29.0 Å². The molecule has 7 nitrogen and oxygen atoms in total. The Labute approximate surface area is 211 Å². The topological polar surface area (TPSA) is 86.0 Å². The van der Waals surface area contributed by atoms with E-state index < -0.39 is 10.0 Å². The van der Waals surface area contributed by atoms with Gasteiger partial charge in [0.1, 0.15) is 5.82 Å². The fourth-order valence-corrected chi connectivity index (χ4v) is 6.18. The summed E-state index contributed by atoms with van der Waals surface area (Å²) in [6, 6.07) is 19.6. The van der Waals surface area contributed by atoms with Crippen LogP contribution in [0.25, 0.3) is 15.9 Å². The zero-order valence-electron chi connectivity index (χ0n) is 18.7. The fraction of sp³-hybridized carbons (Fsp3) is 0.120. The second-order valence-electron chi connectivity index (χ2n) is 7.97. The van der Waals surface area contributed by atoms with E-state index in [9.17, 15) is 13.2 Å². The number of hydrogen-bond acceptors (Lipinski definition) is 5. The van der Waals surface area contributed by atoms with Crippen molar-refractivity contribution in [3.63, 3.8) is 0 Å². The lowest BCUT2D eigenvalue weighted by Crippen LogP contribution is -2.24. The number of imidazole rings is 1. The Morgan fingerprint density at radius 1 is 1.03 bits per heavy atom. The molecule has 0 fully saturated rings. The summed E-state index contributed by atoms with van der Waals surface area (Å²) in [4.78, 5) is 16.8. The lowest BCUT2D eigenvalue weighted by molar-refractivity contribution is 0.581. The normalized spacial score (nSPS) is 11.8. The summed E-state index contributed by atoms with van der Waals surface area (Å²) in [5.74, 6) is 0.807. The van der Waals surface area contributed by atoms with E-state index >= 15 is 0 Å². The van der Waals surface area contributed by atoms with Crippen LogP contribution >= 0.6 is 22.9 Å². The molecule has 35 heavy (non-hydrogen) atoms. The van der Waals surface area contributed by atoms with Gasteiger partial charge in [-0.1, -0.05) is 59.3 Å².